The highest BCUT2D eigenvalue weighted by Gasteiger charge is 2.36. The van der Waals surface area contributed by atoms with E-state index in [1.165, 1.54) is 26.4 Å². The van der Waals surface area contributed by atoms with Gasteiger partial charge in [-0.15, -0.1) is 24.0 Å². The Bertz CT molecular complexity index is 801. The molecule has 0 aliphatic heterocycles. The van der Waals surface area contributed by atoms with Crippen molar-refractivity contribution in [1.82, 2.24) is 20.4 Å². The number of halogens is 5. The standard InChI is InChI=1S/C17H21F4N5.HI/c1-10-5-6-12(7-14(10)18)11(2)24-16(22-3)23-8-13-9-26(4)25-15(13)17(19,20)21;/h5-7,9,11H,8H2,1-4H3,(H2,22,23,24);1H. The number of hydrogen-bond acceptors (Lipinski definition) is 2. The van der Waals surface area contributed by atoms with Gasteiger partial charge in [0.2, 0.25) is 0 Å². The molecule has 2 N–H and O–H groups in total. The Morgan fingerprint density at radius 3 is 2.56 bits per heavy atom. The lowest BCUT2D eigenvalue weighted by Gasteiger charge is -2.19. The van der Waals surface area contributed by atoms with E-state index in [0.29, 0.717) is 17.1 Å². The molecular weight excluding hydrogens is 477 g/mol. The molecule has 150 valence electrons. The molecule has 27 heavy (non-hydrogen) atoms. The van der Waals surface area contributed by atoms with E-state index in [0.717, 1.165) is 4.68 Å². The topological polar surface area (TPSA) is 54.2 Å². The summed E-state index contributed by atoms with van der Waals surface area (Å²) in [5.74, 6) is -0.0141. The summed E-state index contributed by atoms with van der Waals surface area (Å²) in [6.07, 6.45) is -3.22. The molecule has 0 radical (unpaired) electrons. The summed E-state index contributed by atoms with van der Waals surface area (Å²) in [4.78, 5) is 4.00. The number of aromatic nitrogens is 2. The maximum absolute atomic E-state index is 13.7. The number of nitrogens with one attached hydrogen (secondary N) is 2. The molecule has 0 spiro atoms. The number of alkyl halides is 3. The van der Waals surface area contributed by atoms with Crippen molar-refractivity contribution in [3.05, 3.63) is 52.6 Å². The van der Waals surface area contributed by atoms with E-state index in [4.69, 9.17) is 0 Å². The number of hydrogen-bond donors (Lipinski definition) is 2. The van der Waals surface area contributed by atoms with Gasteiger partial charge >= 0.3 is 6.18 Å². The third-order valence-electron chi connectivity index (χ3n) is 3.89. The first-order valence-electron chi connectivity index (χ1n) is 7.94. The summed E-state index contributed by atoms with van der Waals surface area (Å²) < 4.78 is 53.8. The van der Waals surface area contributed by atoms with E-state index in [-0.39, 0.29) is 47.9 Å². The monoisotopic (exact) mass is 499 g/mol. The average Bonchev–Trinajstić information content (AvgIpc) is 2.95. The van der Waals surface area contributed by atoms with Crippen LogP contribution in [-0.2, 0) is 19.8 Å². The van der Waals surface area contributed by atoms with Crippen LogP contribution in [0.25, 0.3) is 0 Å². The first-order chi connectivity index (χ1) is 12.1. The van der Waals surface area contributed by atoms with Gasteiger partial charge in [0.05, 0.1) is 6.04 Å². The quantitative estimate of drug-likeness (QED) is 0.290. The Morgan fingerprint density at radius 2 is 2.00 bits per heavy atom. The molecule has 1 aromatic heterocycles. The van der Waals surface area contributed by atoms with Crippen LogP contribution in [-0.4, -0.2) is 22.8 Å². The summed E-state index contributed by atoms with van der Waals surface area (Å²) in [6, 6.07) is 4.59. The fourth-order valence-electron chi connectivity index (χ4n) is 2.45. The molecular formula is C17H22F4IN5. The third kappa shape index (κ3) is 6.08. The zero-order chi connectivity index (χ0) is 19.5. The maximum atomic E-state index is 13.7. The second-order valence-electron chi connectivity index (χ2n) is 5.97. The highest BCUT2D eigenvalue weighted by molar-refractivity contribution is 14.0. The first-order valence-corrected chi connectivity index (χ1v) is 7.94. The second kappa shape index (κ2) is 9.38. The van der Waals surface area contributed by atoms with Crippen LogP contribution in [0, 0.1) is 12.7 Å². The first kappa shape index (κ1) is 23.2. The predicted octanol–water partition coefficient (Wildman–Crippen LogP) is 3.93. The second-order valence-corrected chi connectivity index (χ2v) is 5.97. The highest BCUT2D eigenvalue weighted by atomic mass is 127. The maximum Gasteiger partial charge on any atom is 0.435 e. The zero-order valence-corrected chi connectivity index (χ0v) is 17.7. The van der Waals surface area contributed by atoms with Crippen LogP contribution in [0.4, 0.5) is 17.6 Å². The molecule has 1 unspecified atom stereocenters. The lowest BCUT2D eigenvalue weighted by molar-refractivity contribution is -0.142. The van der Waals surface area contributed by atoms with Crippen LogP contribution in [0.2, 0.25) is 0 Å². The molecule has 0 aliphatic rings. The number of rotatable bonds is 4. The number of aliphatic imine (C=N–C) groups is 1. The highest BCUT2D eigenvalue weighted by Crippen LogP contribution is 2.30. The summed E-state index contributed by atoms with van der Waals surface area (Å²) >= 11 is 0. The molecule has 1 aromatic carbocycles. The Hall–Kier alpha value is -1.85. The largest absolute Gasteiger partial charge is 0.435 e. The van der Waals surface area contributed by atoms with E-state index < -0.39 is 11.9 Å². The SMILES string of the molecule is CN=C(NCc1cn(C)nc1C(F)(F)F)NC(C)c1ccc(C)c(F)c1.I. The number of guanidine groups is 1. The number of aryl methyl sites for hydroxylation is 2. The minimum Gasteiger partial charge on any atom is -0.352 e. The lowest BCUT2D eigenvalue weighted by Crippen LogP contribution is -2.38. The molecule has 2 rings (SSSR count). The average molecular weight is 499 g/mol. The van der Waals surface area contributed by atoms with Gasteiger partial charge in [0.25, 0.3) is 0 Å². The smallest absolute Gasteiger partial charge is 0.352 e. The Kier molecular flexibility index (Phi) is 8.05. The van der Waals surface area contributed by atoms with Crippen molar-refractivity contribution in [2.24, 2.45) is 12.0 Å². The van der Waals surface area contributed by atoms with E-state index in [9.17, 15) is 17.6 Å². The van der Waals surface area contributed by atoms with Gasteiger partial charge in [-0.2, -0.15) is 18.3 Å². The molecule has 1 atom stereocenters. The van der Waals surface area contributed by atoms with Gasteiger partial charge in [-0.3, -0.25) is 9.67 Å². The van der Waals surface area contributed by atoms with Gasteiger partial charge in [-0.25, -0.2) is 4.39 Å². The molecule has 10 heteroatoms. The molecule has 2 aromatic rings. The Labute approximate surface area is 172 Å². The Balaban J connectivity index is 0.00000364. The lowest BCUT2D eigenvalue weighted by atomic mass is 10.1. The van der Waals surface area contributed by atoms with Gasteiger partial charge < -0.3 is 10.6 Å². The molecule has 5 nitrogen and oxygen atoms in total. The molecule has 0 saturated heterocycles. The fourth-order valence-corrected chi connectivity index (χ4v) is 2.45. The minimum atomic E-state index is -4.53. The van der Waals surface area contributed by atoms with E-state index in [1.807, 2.05) is 6.92 Å². The van der Waals surface area contributed by atoms with Crippen molar-refractivity contribution < 1.29 is 17.6 Å². The summed E-state index contributed by atoms with van der Waals surface area (Å²) in [5.41, 5.74) is 0.321. The van der Waals surface area contributed by atoms with E-state index >= 15 is 0 Å². The molecule has 0 bridgehead atoms. The molecule has 0 fully saturated rings. The number of nitrogens with zero attached hydrogens (tertiary/aromatic N) is 3. The van der Waals surface area contributed by atoms with E-state index in [2.05, 4.69) is 20.7 Å². The van der Waals surface area contributed by atoms with Gasteiger partial charge in [-0.1, -0.05) is 12.1 Å². The fraction of sp³-hybridized carbons (Fsp3) is 0.412. The van der Waals surface area contributed by atoms with Crippen molar-refractivity contribution in [2.45, 2.75) is 32.6 Å². The van der Waals surface area contributed by atoms with Crippen LogP contribution in [0.3, 0.4) is 0 Å². The summed E-state index contributed by atoms with van der Waals surface area (Å²) in [6.45, 7) is 3.38. The van der Waals surface area contributed by atoms with Crippen LogP contribution in [0.5, 0.6) is 0 Å². The van der Waals surface area contributed by atoms with Crippen molar-refractivity contribution in [2.75, 3.05) is 7.05 Å². The van der Waals surface area contributed by atoms with Crippen molar-refractivity contribution in [3.8, 4) is 0 Å². The predicted molar refractivity (Wildman–Crippen MR) is 107 cm³/mol. The van der Waals surface area contributed by atoms with Crippen molar-refractivity contribution in [3.63, 3.8) is 0 Å². The van der Waals surface area contributed by atoms with Crippen molar-refractivity contribution in [1.29, 1.82) is 0 Å². The van der Waals surface area contributed by atoms with Crippen LogP contribution >= 0.6 is 24.0 Å². The molecule has 0 aliphatic carbocycles. The van der Waals surface area contributed by atoms with Gasteiger partial charge in [-0.05, 0) is 31.0 Å². The number of benzene rings is 1. The summed E-state index contributed by atoms with van der Waals surface area (Å²) in [7, 11) is 2.94. The zero-order valence-electron chi connectivity index (χ0n) is 15.4. The van der Waals surface area contributed by atoms with Gasteiger partial charge in [0.1, 0.15) is 5.82 Å². The summed E-state index contributed by atoms with van der Waals surface area (Å²) in [5, 5.41) is 9.32. The van der Waals surface area contributed by atoms with Gasteiger partial charge in [0, 0.05) is 32.4 Å². The van der Waals surface area contributed by atoms with E-state index in [1.54, 1.807) is 19.1 Å². The molecule has 1 heterocycles. The van der Waals surface area contributed by atoms with Crippen LogP contribution in [0.15, 0.2) is 29.4 Å². The minimum absolute atomic E-state index is 0. The third-order valence-corrected chi connectivity index (χ3v) is 3.89. The van der Waals surface area contributed by atoms with Gasteiger partial charge in [0.15, 0.2) is 11.7 Å². The van der Waals surface area contributed by atoms with Crippen LogP contribution in [0.1, 0.15) is 35.3 Å². The van der Waals surface area contributed by atoms with Crippen LogP contribution < -0.4 is 10.6 Å². The Morgan fingerprint density at radius 1 is 1.33 bits per heavy atom. The van der Waals surface area contributed by atoms with Crippen molar-refractivity contribution >= 4 is 29.9 Å². The normalized spacial score (nSPS) is 13.1. The molecule has 0 amide bonds. The molecule has 0 saturated carbocycles.